The third-order valence-corrected chi connectivity index (χ3v) is 2.53. The van der Waals surface area contributed by atoms with E-state index in [1.165, 1.54) is 0 Å². The summed E-state index contributed by atoms with van der Waals surface area (Å²) in [5.41, 5.74) is 0. The second kappa shape index (κ2) is 5.90. The normalized spacial score (nSPS) is 19.9. The van der Waals surface area contributed by atoms with Crippen LogP contribution in [0.25, 0.3) is 0 Å². The summed E-state index contributed by atoms with van der Waals surface area (Å²) in [7, 11) is 0. The molecule has 92 valence electrons. The molecule has 1 unspecified atom stereocenters. The molecule has 7 heteroatoms. The van der Waals surface area contributed by atoms with Crippen molar-refractivity contribution in [2.75, 3.05) is 25.1 Å². The summed E-state index contributed by atoms with van der Waals surface area (Å²) in [6.07, 6.45) is 0.351. The van der Waals surface area contributed by atoms with Crippen LogP contribution >= 0.6 is 11.6 Å². The standard InChI is InChI=1S/C10H13ClN4O2/c11-8-1-2-9(15-14-8)13-10(16)5-7-6-17-4-3-12-7/h1-2,7,12H,3-6H2,(H,13,15,16). The van der Waals surface area contributed by atoms with Crippen LogP contribution in [-0.2, 0) is 9.53 Å². The number of carbonyl (C=O) groups excluding carboxylic acids is 1. The molecule has 0 radical (unpaired) electrons. The number of anilines is 1. The van der Waals surface area contributed by atoms with Gasteiger partial charge in [-0.1, -0.05) is 11.6 Å². The first-order chi connectivity index (χ1) is 8.24. The lowest BCUT2D eigenvalue weighted by molar-refractivity contribution is -0.117. The van der Waals surface area contributed by atoms with Crippen LogP contribution < -0.4 is 10.6 Å². The highest BCUT2D eigenvalue weighted by atomic mass is 35.5. The van der Waals surface area contributed by atoms with E-state index in [0.29, 0.717) is 30.6 Å². The number of aromatic nitrogens is 2. The van der Waals surface area contributed by atoms with Gasteiger partial charge in [0.1, 0.15) is 0 Å². The zero-order valence-corrected chi connectivity index (χ0v) is 9.91. The number of carbonyl (C=O) groups is 1. The SMILES string of the molecule is O=C(CC1COCCN1)Nc1ccc(Cl)nn1. The molecular weight excluding hydrogens is 244 g/mol. The van der Waals surface area contributed by atoms with E-state index in [1.807, 2.05) is 0 Å². The van der Waals surface area contributed by atoms with Gasteiger partial charge in [-0.25, -0.2) is 0 Å². The molecule has 0 bridgehead atoms. The van der Waals surface area contributed by atoms with Crippen molar-refractivity contribution >= 4 is 23.3 Å². The zero-order valence-electron chi connectivity index (χ0n) is 9.15. The maximum absolute atomic E-state index is 11.7. The number of morpholine rings is 1. The maximum atomic E-state index is 11.7. The summed E-state index contributed by atoms with van der Waals surface area (Å²) >= 11 is 5.59. The average molecular weight is 257 g/mol. The number of halogens is 1. The van der Waals surface area contributed by atoms with Crippen molar-refractivity contribution in [1.82, 2.24) is 15.5 Å². The molecule has 2 N–H and O–H groups in total. The predicted octanol–water partition coefficient (Wildman–Crippen LogP) is 0.447. The fraction of sp³-hybridized carbons (Fsp3) is 0.500. The molecule has 1 fully saturated rings. The van der Waals surface area contributed by atoms with E-state index >= 15 is 0 Å². The van der Waals surface area contributed by atoms with Crippen LogP contribution in [0.5, 0.6) is 0 Å². The lowest BCUT2D eigenvalue weighted by Gasteiger charge is -2.23. The van der Waals surface area contributed by atoms with Gasteiger partial charge in [-0.2, -0.15) is 0 Å². The number of hydrogen-bond donors (Lipinski definition) is 2. The van der Waals surface area contributed by atoms with Crippen LogP contribution in [0.4, 0.5) is 5.82 Å². The fourth-order valence-corrected chi connectivity index (χ4v) is 1.65. The average Bonchev–Trinajstić information content (AvgIpc) is 2.33. The summed E-state index contributed by atoms with van der Waals surface area (Å²) in [6, 6.07) is 3.24. The highest BCUT2D eigenvalue weighted by molar-refractivity contribution is 6.29. The smallest absolute Gasteiger partial charge is 0.227 e. The number of hydrogen-bond acceptors (Lipinski definition) is 5. The molecule has 1 aromatic heterocycles. The molecule has 2 rings (SSSR count). The second-order valence-electron chi connectivity index (χ2n) is 3.72. The Hall–Kier alpha value is -1.24. The molecule has 0 aliphatic carbocycles. The van der Waals surface area contributed by atoms with Gasteiger partial charge in [0.15, 0.2) is 11.0 Å². The molecule has 1 saturated heterocycles. The van der Waals surface area contributed by atoms with Crippen molar-refractivity contribution in [3.05, 3.63) is 17.3 Å². The molecule has 0 spiro atoms. The molecule has 0 saturated carbocycles. The quantitative estimate of drug-likeness (QED) is 0.821. The van der Waals surface area contributed by atoms with E-state index in [1.54, 1.807) is 12.1 Å². The summed E-state index contributed by atoms with van der Waals surface area (Å²) < 4.78 is 5.26. The highest BCUT2D eigenvalue weighted by Crippen LogP contribution is 2.07. The molecule has 17 heavy (non-hydrogen) atoms. The monoisotopic (exact) mass is 256 g/mol. The van der Waals surface area contributed by atoms with Gasteiger partial charge in [0.25, 0.3) is 0 Å². The van der Waals surface area contributed by atoms with Crippen LogP contribution in [0.15, 0.2) is 12.1 Å². The van der Waals surface area contributed by atoms with Gasteiger partial charge in [0.05, 0.1) is 13.2 Å². The minimum atomic E-state index is -0.121. The number of amides is 1. The maximum Gasteiger partial charge on any atom is 0.227 e. The summed E-state index contributed by atoms with van der Waals surface area (Å²) in [4.78, 5) is 11.7. The van der Waals surface area contributed by atoms with Crippen LogP contribution in [0.2, 0.25) is 5.15 Å². The van der Waals surface area contributed by atoms with Crippen molar-refractivity contribution in [2.45, 2.75) is 12.5 Å². The first-order valence-corrected chi connectivity index (χ1v) is 5.72. The fourth-order valence-electron chi connectivity index (χ4n) is 1.55. The van der Waals surface area contributed by atoms with E-state index < -0.39 is 0 Å². The minimum Gasteiger partial charge on any atom is -0.378 e. The largest absolute Gasteiger partial charge is 0.378 e. The molecule has 1 aliphatic rings. The van der Waals surface area contributed by atoms with Gasteiger partial charge < -0.3 is 15.4 Å². The Kier molecular flexibility index (Phi) is 4.24. The van der Waals surface area contributed by atoms with Crippen molar-refractivity contribution < 1.29 is 9.53 Å². The Bertz CT molecular complexity index is 378. The van der Waals surface area contributed by atoms with E-state index in [2.05, 4.69) is 20.8 Å². The van der Waals surface area contributed by atoms with Gasteiger partial charge in [0.2, 0.25) is 5.91 Å². The van der Waals surface area contributed by atoms with Gasteiger partial charge >= 0.3 is 0 Å². The van der Waals surface area contributed by atoms with E-state index in [4.69, 9.17) is 16.3 Å². The van der Waals surface area contributed by atoms with Crippen molar-refractivity contribution in [2.24, 2.45) is 0 Å². The highest BCUT2D eigenvalue weighted by Gasteiger charge is 2.17. The van der Waals surface area contributed by atoms with Crippen LogP contribution in [0.3, 0.4) is 0 Å². The lowest BCUT2D eigenvalue weighted by Crippen LogP contribution is -2.43. The molecule has 1 aliphatic heterocycles. The van der Waals surface area contributed by atoms with E-state index in [-0.39, 0.29) is 11.9 Å². The van der Waals surface area contributed by atoms with Crippen molar-refractivity contribution in [3.8, 4) is 0 Å². The van der Waals surface area contributed by atoms with E-state index in [9.17, 15) is 4.79 Å². The van der Waals surface area contributed by atoms with Gasteiger partial charge in [-0.05, 0) is 12.1 Å². The molecule has 1 aromatic rings. The molecule has 1 amide bonds. The van der Waals surface area contributed by atoms with Crippen molar-refractivity contribution in [3.63, 3.8) is 0 Å². The van der Waals surface area contributed by atoms with Gasteiger partial charge in [0, 0.05) is 19.0 Å². The van der Waals surface area contributed by atoms with E-state index in [0.717, 1.165) is 6.54 Å². The summed E-state index contributed by atoms with van der Waals surface area (Å²) in [5, 5.41) is 13.5. The Morgan fingerprint density at radius 2 is 2.47 bits per heavy atom. The van der Waals surface area contributed by atoms with Crippen LogP contribution in [0.1, 0.15) is 6.42 Å². The third kappa shape index (κ3) is 3.92. The number of nitrogens with one attached hydrogen (secondary N) is 2. The molecular formula is C10H13ClN4O2. The topological polar surface area (TPSA) is 76.1 Å². The number of nitrogens with zero attached hydrogens (tertiary/aromatic N) is 2. The molecule has 2 heterocycles. The molecule has 0 aromatic carbocycles. The first-order valence-electron chi connectivity index (χ1n) is 5.34. The summed E-state index contributed by atoms with van der Waals surface area (Å²) in [5.74, 6) is 0.278. The first kappa shape index (κ1) is 12.2. The third-order valence-electron chi connectivity index (χ3n) is 2.33. The van der Waals surface area contributed by atoms with Crippen molar-refractivity contribution in [1.29, 1.82) is 0 Å². The number of ether oxygens (including phenoxy) is 1. The Morgan fingerprint density at radius 1 is 1.59 bits per heavy atom. The van der Waals surface area contributed by atoms with Gasteiger partial charge in [-0.3, -0.25) is 4.79 Å². The zero-order chi connectivity index (χ0) is 12.1. The van der Waals surface area contributed by atoms with Gasteiger partial charge in [-0.15, -0.1) is 10.2 Å². The lowest BCUT2D eigenvalue weighted by atomic mass is 10.2. The molecule has 6 nitrogen and oxygen atoms in total. The summed E-state index contributed by atoms with van der Waals surface area (Å²) in [6.45, 7) is 2.03. The Labute approximate surface area is 104 Å². The Balaban J connectivity index is 1.82. The molecule has 1 atom stereocenters. The van der Waals surface area contributed by atoms with Crippen LogP contribution in [0, 0.1) is 0 Å². The predicted molar refractivity (Wildman–Crippen MR) is 62.9 cm³/mol. The van der Waals surface area contributed by atoms with Crippen LogP contribution in [-0.4, -0.2) is 41.9 Å². The Morgan fingerprint density at radius 3 is 3.12 bits per heavy atom. The minimum absolute atomic E-state index is 0.0593. The number of rotatable bonds is 3. The second-order valence-corrected chi connectivity index (χ2v) is 4.11.